The Hall–Kier alpha value is -3.24. The van der Waals surface area contributed by atoms with Crippen molar-refractivity contribution in [2.75, 3.05) is 5.32 Å². The molecule has 5 heteroatoms. The van der Waals surface area contributed by atoms with E-state index in [1.165, 1.54) is 30.9 Å². The molecular weight excluding hydrogens is 422 g/mol. The highest BCUT2D eigenvalue weighted by atomic mass is 35.5. The summed E-state index contributed by atoms with van der Waals surface area (Å²) >= 11 is 6.29. The highest BCUT2D eigenvalue weighted by Crippen LogP contribution is 2.36. The number of unbranched alkanes of at least 4 members (excludes halogenated alkanes) is 3. The Morgan fingerprint density at radius 1 is 0.812 bits per heavy atom. The summed E-state index contributed by atoms with van der Waals surface area (Å²) in [6.45, 7) is 2.19. The van der Waals surface area contributed by atoms with E-state index in [4.69, 9.17) is 11.6 Å². The summed E-state index contributed by atoms with van der Waals surface area (Å²) in [7, 11) is 0. The van der Waals surface area contributed by atoms with Crippen molar-refractivity contribution in [3.63, 3.8) is 0 Å². The molecule has 0 unspecified atom stereocenters. The van der Waals surface area contributed by atoms with Crippen LogP contribution in [0.25, 0.3) is 0 Å². The number of ketones is 2. The number of benzene rings is 3. The van der Waals surface area contributed by atoms with Crippen molar-refractivity contribution in [3.8, 4) is 0 Å². The molecule has 0 saturated carbocycles. The number of fused-ring (bicyclic) bond motifs is 2. The fourth-order valence-electron chi connectivity index (χ4n) is 4.06. The molecule has 0 atom stereocenters. The van der Waals surface area contributed by atoms with Crippen molar-refractivity contribution in [1.29, 1.82) is 0 Å². The molecule has 4 rings (SSSR count). The molecule has 3 aromatic carbocycles. The minimum Gasteiger partial charge on any atom is -0.321 e. The lowest BCUT2D eigenvalue weighted by atomic mass is 9.83. The Labute approximate surface area is 192 Å². The van der Waals surface area contributed by atoms with Crippen LogP contribution in [-0.2, 0) is 6.42 Å². The normalized spacial score (nSPS) is 12.3. The average Bonchev–Trinajstić information content (AvgIpc) is 2.81. The van der Waals surface area contributed by atoms with Crippen LogP contribution in [0.5, 0.6) is 0 Å². The lowest BCUT2D eigenvalue weighted by molar-refractivity contribution is 0.0978. The number of hydrogen-bond donors (Lipinski definition) is 1. The largest absolute Gasteiger partial charge is 0.321 e. The lowest BCUT2D eigenvalue weighted by Crippen LogP contribution is -2.24. The van der Waals surface area contributed by atoms with Crippen molar-refractivity contribution in [1.82, 2.24) is 0 Å². The molecule has 0 aliphatic heterocycles. The number of halogens is 1. The summed E-state index contributed by atoms with van der Waals surface area (Å²) in [6.07, 6.45) is 5.76. The molecular formula is C27H24ClNO3. The van der Waals surface area contributed by atoms with Crippen molar-refractivity contribution in [2.45, 2.75) is 39.0 Å². The average molecular weight is 446 g/mol. The van der Waals surface area contributed by atoms with E-state index in [0.717, 1.165) is 12.8 Å². The fourth-order valence-corrected chi connectivity index (χ4v) is 4.30. The van der Waals surface area contributed by atoms with Gasteiger partial charge in [0.2, 0.25) is 0 Å². The second-order valence-electron chi connectivity index (χ2n) is 8.01. The van der Waals surface area contributed by atoms with E-state index in [9.17, 15) is 14.4 Å². The maximum Gasteiger partial charge on any atom is 0.255 e. The minimum atomic E-state index is -0.342. The van der Waals surface area contributed by atoms with Gasteiger partial charge in [0.15, 0.2) is 11.6 Å². The molecule has 0 bridgehead atoms. The van der Waals surface area contributed by atoms with Gasteiger partial charge in [0.25, 0.3) is 5.91 Å². The molecule has 0 saturated heterocycles. The van der Waals surface area contributed by atoms with Gasteiger partial charge < -0.3 is 5.32 Å². The minimum absolute atomic E-state index is 0.135. The zero-order valence-electron chi connectivity index (χ0n) is 17.9. The molecule has 0 aromatic heterocycles. The van der Waals surface area contributed by atoms with Gasteiger partial charge in [-0.25, -0.2) is 0 Å². The molecule has 1 aliphatic carbocycles. The van der Waals surface area contributed by atoms with Crippen molar-refractivity contribution in [2.24, 2.45) is 0 Å². The molecule has 0 fully saturated rings. The standard InChI is InChI=1S/C27H24ClNO3/c1-2-3-4-5-8-17-11-13-18(14-12-17)27(32)29-22-16-15-21(28)23-24(22)26(31)20-10-7-6-9-19(20)25(23)30/h6-7,9-16H,2-5,8H2,1H3,(H,29,32). The van der Waals surface area contributed by atoms with Crippen molar-refractivity contribution in [3.05, 3.63) is 99.1 Å². The van der Waals surface area contributed by atoms with E-state index in [-0.39, 0.29) is 39.3 Å². The summed E-state index contributed by atoms with van der Waals surface area (Å²) in [5.41, 5.74) is 2.88. The number of nitrogens with one attached hydrogen (secondary N) is 1. The van der Waals surface area contributed by atoms with Crippen LogP contribution in [0.1, 0.15) is 80.4 Å². The quantitative estimate of drug-likeness (QED) is 0.330. The second kappa shape index (κ2) is 9.49. The van der Waals surface area contributed by atoms with Gasteiger partial charge in [-0.3, -0.25) is 14.4 Å². The highest BCUT2D eigenvalue weighted by molar-refractivity contribution is 6.40. The first-order valence-corrected chi connectivity index (χ1v) is 11.3. The molecule has 162 valence electrons. The monoisotopic (exact) mass is 445 g/mol. The predicted octanol–water partition coefficient (Wildman–Crippen LogP) is 6.49. The summed E-state index contributed by atoms with van der Waals surface area (Å²) in [5.74, 6) is -0.981. The Morgan fingerprint density at radius 2 is 1.47 bits per heavy atom. The zero-order valence-corrected chi connectivity index (χ0v) is 18.7. The summed E-state index contributed by atoms with van der Waals surface area (Å²) in [6, 6.07) is 17.3. The molecule has 3 aromatic rings. The van der Waals surface area contributed by atoms with Gasteiger partial charge in [0.05, 0.1) is 21.8 Å². The highest BCUT2D eigenvalue weighted by Gasteiger charge is 2.33. The van der Waals surface area contributed by atoms with E-state index in [0.29, 0.717) is 16.7 Å². The number of amides is 1. The second-order valence-corrected chi connectivity index (χ2v) is 8.42. The van der Waals surface area contributed by atoms with Gasteiger partial charge in [0, 0.05) is 16.7 Å². The molecule has 32 heavy (non-hydrogen) atoms. The predicted molar refractivity (Wildman–Crippen MR) is 127 cm³/mol. The van der Waals surface area contributed by atoms with Crippen LogP contribution < -0.4 is 5.32 Å². The third kappa shape index (κ3) is 4.23. The number of rotatable bonds is 7. The van der Waals surface area contributed by atoms with Crippen LogP contribution in [0.2, 0.25) is 5.02 Å². The van der Waals surface area contributed by atoms with Crippen LogP contribution in [-0.4, -0.2) is 17.5 Å². The molecule has 0 radical (unpaired) electrons. The van der Waals surface area contributed by atoms with Gasteiger partial charge in [-0.05, 0) is 42.7 Å². The fraction of sp³-hybridized carbons (Fsp3) is 0.222. The van der Waals surface area contributed by atoms with Crippen LogP contribution >= 0.6 is 11.6 Å². The van der Waals surface area contributed by atoms with Gasteiger partial charge in [-0.2, -0.15) is 0 Å². The Kier molecular flexibility index (Phi) is 6.52. The summed E-state index contributed by atoms with van der Waals surface area (Å²) in [4.78, 5) is 39.1. The first-order valence-electron chi connectivity index (χ1n) is 10.9. The molecule has 0 spiro atoms. The third-order valence-electron chi connectivity index (χ3n) is 5.81. The third-order valence-corrected chi connectivity index (χ3v) is 6.12. The first-order chi connectivity index (χ1) is 15.5. The molecule has 1 N–H and O–H groups in total. The van der Waals surface area contributed by atoms with Crippen LogP contribution in [0.15, 0.2) is 60.7 Å². The maximum absolute atomic E-state index is 13.2. The lowest BCUT2D eigenvalue weighted by Gasteiger charge is -2.21. The molecule has 1 amide bonds. The van der Waals surface area contributed by atoms with E-state index < -0.39 is 0 Å². The number of carbonyl (C=O) groups is 3. The Morgan fingerprint density at radius 3 is 2.12 bits per heavy atom. The van der Waals surface area contributed by atoms with E-state index in [1.54, 1.807) is 42.5 Å². The molecule has 4 nitrogen and oxygen atoms in total. The van der Waals surface area contributed by atoms with E-state index in [2.05, 4.69) is 12.2 Å². The summed E-state index contributed by atoms with van der Waals surface area (Å²) < 4.78 is 0. The number of aryl methyl sites for hydroxylation is 1. The van der Waals surface area contributed by atoms with Gasteiger partial charge in [-0.15, -0.1) is 0 Å². The van der Waals surface area contributed by atoms with Crippen LogP contribution in [0.4, 0.5) is 5.69 Å². The first kappa shape index (κ1) is 22.0. The SMILES string of the molecule is CCCCCCc1ccc(C(=O)Nc2ccc(Cl)c3c2C(=O)c2ccccc2C3=O)cc1. The van der Waals surface area contributed by atoms with Crippen molar-refractivity contribution >= 4 is 34.8 Å². The van der Waals surface area contributed by atoms with Gasteiger partial charge >= 0.3 is 0 Å². The zero-order chi connectivity index (χ0) is 22.7. The van der Waals surface area contributed by atoms with Crippen LogP contribution in [0, 0.1) is 0 Å². The topological polar surface area (TPSA) is 63.2 Å². The van der Waals surface area contributed by atoms with Crippen LogP contribution in [0.3, 0.4) is 0 Å². The van der Waals surface area contributed by atoms with Crippen molar-refractivity contribution < 1.29 is 14.4 Å². The summed E-state index contributed by atoms with van der Waals surface area (Å²) in [5, 5.41) is 3.00. The molecule has 0 heterocycles. The van der Waals surface area contributed by atoms with Gasteiger partial charge in [0.1, 0.15) is 0 Å². The number of hydrogen-bond acceptors (Lipinski definition) is 3. The van der Waals surface area contributed by atoms with E-state index in [1.807, 2.05) is 12.1 Å². The number of anilines is 1. The molecule has 1 aliphatic rings. The Balaban J connectivity index is 1.58. The van der Waals surface area contributed by atoms with Gasteiger partial charge in [-0.1, -0.05) is 74.2 Å². The number of carbonyl (C=O) groups excluding carboxylic acids is 3. The maximum atomic E-state index is 13.2. The smallest absolute Gasteiger partial charge is 0.255 e. The Bertz CT molecular complexity index is 1200. The van der Waals surface area contributed by atoms with E-state index >= 15 is 0 Å².